The molecule has 3 nitrogen and oxygen atoms in total. The Bertz CT molecular complexity index is 388. The molecule has 0 spiro atoms. The van der Waals surface area contributed by atoms with E-state index in [1.165, 1.54) is 12.8 Å². The molecule has 1 aliphatic rings. The normalized spacial score (nSPS) is 16.2. The highest BCUT2D eigenvalue weighted by atomic mass is 16.5. The summed E-state index contributed by atoms with van der Waals surface area (Å²) in [6.45, 7) is 7.53. The van der Waals surface area contributed by atoms with E-state index in [4.69, 9.17) is 9.47 Å². The Morgan fingerprint density at radius 2 is 1.83 bits per heavy atom. The largest absolute Gasteiger partial charge is 0.490 e. The number of benzene rings is 1. The van der Waals surface area contributed by atoms with E-state index >= 15 is 0 Å². The third-order valence-electron chi connectivity index (χ3n) is 3.27. The summed E-state index contributed by atoms with van der Waals surface area (Å²) < 4.78 is 11.2. The van der Waals surface area contributed by atoms with Gasteiger partial charge in [0.05, 0.1) is 13.2 Å². The SMILES string of the molecule is CCOc1ccc(NC(C)C2CC2)cc1OCC. The number of hydrogen-bond acceptors (Lipinski definition) is 3. The van der Waals surface area contributed by atoms with Crippen molar-refractivity contribution in [3.63, 3.8) is 0 Å². The molecule has 1 aromatic carbocycles. The molecule has 1 aliphatic carbocycles. The van der Waals surface area contributed by atoms with Gasteiger partial charge in [-0.3, -0.25) is 0 Å². The minimum atomic E-state index is 0.539. The first-order valence-corrected chi connectivity index (χ1v) is 6.90. The van der Waals surface area contributed by atoms with Crippen LogP contribution in [0.3, 0.4) is 0 Å². The molecule has 0 saturated heterocycles. The van der Waals surface area contributed by atoms with Gasteiger partial charge in [0.1, 0.15) is 0 Å². The van der Waals surface area contributed by atoms with Crippen molar-refractivity contribution in [3.8, 4) is 11.5 Å². The zero-order chi connectivity index (χ0) is 13.0. The van der Waals surface area contributed by atoms with Gasteiger partial charge in [0.25, 0.3) is 0 Å². The van der Waals surface area contributed by atoms with Crippen LogP contribution < -0.4 is 14.8 Å². The molecule has 1 saturated carbocycles. The fourth-order valence-corrected chi connectivity index (χ4v) is 2.12. The van der Waals surface area contributed by atoms with Crippen LogP contribution in [0.2, 0.25) is 0 Å². The molecule has 0 aliphatic heterocycles. The number of hydrogen-bond donors (Lipinski definition) is 1. The predicted molar refractivity (Wildman–Crippen MR) is 74.6 cm³/mol. The van der Waals surface area contributed by atoms with Crippen molar-refractivity contribution in [1.82, 2.24) is 0 Å². The first-order valence-electron chi connectivity index (χ1n) is 6.90. The summed E-state index contributed by atoms with van der Waals surface area (Å²) in [5.41, 5.74) is 1.11. The van der Waals surface area contributed by atoms with Crippen LogP contribution in [0.4, 0.5) is 5.69 Å². The van der Waals surface area contributed by atoms with Crippen LogP contribution in [0.1, 0.15) is 33.6 Å². The molecule has 0 heterocycles. The van der Waals surface area contributed by atoms with E-state index < -0.39 is 0 Å². The quantitative estimate of drug-likeness (QED) is 0.799. The lowest BCUT2D eigenvalue weighted by molar-refractivity contribution is 0.288. The Labute approximate surface area is 109 Å². The highest BCUT2D eigenvalue weighted by Crippen LogP contribution is 2.36. The molecule has 18 heavy (non-hydrogen) atoms. The van der Waals surface area contributed by atoms with Gasteiger partial charge in [-0.1, -0.05) is 0 Å². The molecule has 1 N–H and O–H groups in total. The highest BCUT2D eigenvalue weighted by Gasteiger charge is 2.27. The first kappa shape index (κ1) is 13.1. The average molecular weight is 249 g/mol. The summed E-state index contributed by atoms with van der Waals surface area (Å²) in [6, 6.07) is 6.62. The van der Waals surface area contributed by atoms with Crippen LogP contribution in [0.5, 0.6) is 11.5 Å². The highest BCUT2D eigenvalue weighted by molar-refractivity contribution is 5.55. The summed E-state index contributed by atoms with van der Waals surface area (Å²) in [5.74, 6) is 2.49. The van der Waals surface area contributed by atoms with E-state index in [-0.39, 0.29) is 0 Å². The topological polar surface area (TPSA) is 30.5 Å². The summed E-state index contributed by atoms with van der Waals surface area (Å²) >= 11 is 0. The fraction of sp³-hybridized carbons (Fsp3) is 0.600. The molecular formula is C15H23NO2. The summed E-state index contributed by atoms with van der Waals surface area (Å²) in [5, 5.41) is 3.54. The Kier molecular flexibility index (Phi) is 4.34. The van der Waals surface area contributed by atoms with E-state index in [0.717, 1.165) is 23.1 Å². The van der Waals surface area contributed by atoms with Crippen molar-refractivity contribution >= 4 is 5.69 Å². The number of ether oxygens (including phenoxy) is 2. The molecule has 1 atom stereocenters. The van der Waals surface area contributed by atoms with Crippen LogP contribution in [-0.4, -0.2) is 19.3 Å². The molecule has 0 aromatic heterocycles. The van der Waals surface area contributed by atoms with Crippen molar-refractivity contribution in [2.75, 3.05) is 18.5 Å². The molecule has 1 unspecified atom stereocenters. The van der Waals surface area contributed by atoms with Crippen LogP contribution in [0.25, 0.3) is 0 Å². The Morgan fingerprint density at radius 1 is 1.17 bits per heavy atom. The van der Waals surface area contributed by atoms with Crippen LogP contribution >= 0.6 is 0 Å². The molecule has 1 aromatic rings. The first-order chi connectivity index (χ1) is 8.74. The molecule has 0 radical (unpaired) electrons. The standard InChI is InChI=1S/C15H23NO2/c1-4-17-14-9-8-13(10-15(14)18-5-2)16-11(3)12-6-7-12/h8-12,16H,4-7H2,1-3H3. The Balaban J connectivity index is 2.08. The zero-order valence-electron chi connectivity index (χ0n) is 11.5. The van der Waals surface area contributed by atoms with Crippen molar-refractivity contribution in [3.05, 3.63) is 18.2 Å². The van der Waals surface area contributed by atoms with Gasteiger partial charge in [0.2, 0.25) is 0 Å². The maximum absolute atomic E-state index is 5.62. The van der Waals surface area contributed by atoms with Gasteiger partial charge >= 0.3 is 0 Å². The summed E-state index contributed by atoms with van der Waals surface area (Å²) in [6.07, 6.45) is 2.70. The third kappa shape index (κ3) is 3.31. The Morgan fingerprint density at radius 3 is 2.44 bits per heavy atom. The van der Waals surface area contributed by atoms with E-state index in [9.17, 15) is 0 Å². The van der Waals surface area contributed by atoms with Crippen molar-refractivity contribution < 1.29 is 9.47 Å². The summed E-state index contributed by atoms with van der Waals surface area (Å²) in [4.78, 5) is 0. The van der Waals surface area contributed by atoms with E-state index in [2.05, 4.69) is 18.3 Å². The monoisotopic (exact) mass is 249 g/mol. The van der Waals surface area contributed by atoms with E-state index in [1.807, 2.05) is 26.0 Å². The van der Waals surface area contributed by atoms with E-state index in [1.54, 1.807) is 0 Å². The van der Waals surface area contributed by atoms with Crippen molar-refractivity contribution in [2.24, 2.45) is 5.92 Å². The number of rotatable bonds is 7. The van der Waals surface area contributed by atoms with Gasteiger partial charge in [-0.25, -0.2) is 0 Å². The van der Waals surface area contributed by atoms with E-state index in [0.29, 0.717) is 19.3 Å². The van der Waals surface area contributed by atoms with Gasteiger partial charge in [-0.2, -0.15) is 0 Å². The van der Waals surface area contributed by atoms with Crippen LogP contribution in [0.15, 0.2) is 18.2 Å². The lowest BCUT2D eigenvalue weighted by atomic mass is 10.2. The van der Waals surface area contributed by atoms with Crippen LogP contribution in [-0.2, 0) is 0 Å². The van der Waals surface area contributed by atoms with Gasteiger partial charge in [-0.05, 0) is 51.7 Å². The van der Waals surface area contributed by atoms with Crippen LogP contribution in [0, 0.1) is 5.92 Å². The molecule has 2 rings (SSSR count). The fourth-order valence-electron chi connectivity index (χ4n) is 2.12. The Hall–Kier alpha value is -1.38. The third-order valence-corrected chi connectivity index (χ3v) is 3.27. The maximum Gasteiger partial charge on any atom is 0.163 e. The second kappa shape index (κ2) is 5.98. The molecule has 0 bridgehead atoms. The molecular weight excluding hydrogens is 226 g/mol. The average Bonchev–Trinajstić information content (AvgIpc) is 3.17. The zero-order valence-corrected chi connectivity index (χ0v) is 11.5. The van der Waals surface area contributed by atoms with Crippen molar-refractivity contribution in [1.29, 1.82) is 0 Å². The molecule has 100 valence electrons. The number of anilines is 1. The molecule has 3 heteroatoms. The molecule has 0 amide bonds. The predicted octanol–water partition coefficient (Wildman–Crippen LogP) is 3.69. The minimum Gasteiger partial charge on any atom is -0.490 e. The van der Waals surface area contributed by atoms with Gasteiger partial charge in [0, 0.05) is 17.8 Å². The number of nitrogens with one attached hydrogen (secondary N) is 1. The summed E-state index contributed by atoms with van der Waals surface area (Å²) in [7, 11) is 0. The second-order valence-corrected chi connectivity index (χ2v) is 4.80. The van der Waals surface area contributed by atoms with Gasteiger partial charge in [0.15, 0.2) is 11.5 Å². The second-order valence-electron chi connectivity index (χ2n) is 4.80. The van der Waals surface area contributed by atoms with Crippen molar-refractivity contribution in [2.45, 2.75) is 39.7 Å². The van der Waals surface area contributed by atoms with Gasteiger partial charge < -0.3 is 14.8 Å². The lowest BCUT2D eigenvalue weighted by Crippen LogP contribution is -2.17. The van der Waals surface area contributed by atoms with Gasteiger partial charge in [-0.15, -0.1) is 0 Å². The minimum absolute atomic E-state index is 0.539. The smallest absolute Gasteiger partial charge is 0.163 e. The molecule has 1 fully saturated rings. The lowest BCUT2D eigenvalue weighted by Gasteiger charge is -2.17. The maximum atomic E-state index is 5.62.